The van der Waals surface area contributed by atoms with Crippen LogP contribution >= 0.6 is 11.8 Å². The standard InChI is InChI=1S/C10H18N4OS/c1-6(2)5-11-9(15)7(3)16-10-12-8(4)13-14-10/h6-7H,5H2,1-4H3,(H,11,15)(H,12,13,14). The van der Waals surface area contributed by atoms with E-state index in [4.69, 9.17) is 0 Å². The molecule has 1 atom stereocenters. The molecule has 1 unspecified atom stereocenters. The van der Waals surface area contributed by atoms with Crippen LogP contribution in [0.4, 0.5) is 0 Å². The maximum absolute atomic E-state index is 11.7. The van der Waals surface area contributed by atoms with E-state index in [1.165, 1.54) is 11.8 Å². The van der Waals surface area contributed by atoms with Crippen LogP contribution in [-0.2, 0) is 4.79 Å². The molecule has 1 aromatic heterocycles. The summed E-state index contributed by atoms with van der Waals surface area (Å²) in [6.07, 6.45) is 0. The number of thioether (sulfide) groups is 1. The van der Waals surface area contributed by atoms with Gasteiger partial charge in [0.05, 0.1) is 5.25 Å². The first kappa shape index (κ1) is 13.0. The maximum Gasteiger partial charge on any atom is 0.233 e. The summed E-state index contributed by atoms with van der Waals surface area (Å²) in [5.41, 5.74) is 0. The van der Waals surface area contributed by atoms with Gasteiger partial charge >= 0.3 is 0 Å². The fourth-order valence-electron chi connectivity index (χ4n) is 1.03. The normalized spacial score (nSPS) is 12.8. The van der Waals surface area contributed by atoms with Gasteiger partial charge in [-0.25, -0.2) is 4.98 Å². The van der Waals surface area contributed by atoms with Gasteiger partial charge in [-0.05, 0) is 19.8 Å². The minimum Gasteiger partial charge on any atom is -0.355 e. The van der Waals surface area contributed by atoms with E-state index in [9.17, 15) is 4.79 Å². The molecule has 0 saturated heterocycles. The van der Waals surface area contributed by atoms with Crippen molar-refractivity contribution < 1.29 is 4.79 Å². The van der Waals surface area contributed by atoms with Crippen molar-refractivity contribution in [1.82, 2.24) is 20.5 Å². The highest BCUT2D eigenvalue weighted by Crippen LogP contribution is 2.18. The molecule has 1 amide bonds. The second-order valence-electron chi connectivity index (χ2n) is 4.10. The Labute approximate surface area is 99.8 Å². The van der Waals surface area contributed by atoms with Gasteiger partial charge in [-0.3, -0.25) is 9.89 Å². The summed E-state index contributed by atoms with van der Waals surface area (Å²) in [5, 5.41) is 10.1. The van der Waals surface area contributed by atoms with Gasteiger partial charge in [-0.2, -0.15) is 0 Å². The maximum atomic E-state index is 11.7. The largest absolute Gasteiger partial charge is 0.355 e. The number of aromatic nitrogens is 3. The van der Waals surface area contributed by atoms with Crippen molar-refractivity contribution in [1.29, 1.82) is 0 Å². The molecular formula is C10H18N4OS. The first-order valence-electron chi connectivity index (χ1n) is 5.32. The molecule has 0 fully saturated rings. The summed E-state index contributed by atoms with van der Waals surface area (Å²) in [6.45, 7) is 8.52. The number of carbonyl (C=O) groups is 1. The van der Waals surface area contributed by atoms with Gasteiger partial charge in [0.2, 0.25) is 11.1 Å². The minimum atomic E-state index is -0.172. The zero-order valence-corrected chi connectivity index (χ0v) is 10.9. The molecule has 0 bridgehead atoms. The lowest BCUT2D eigenvalue weighted by Crippen LogP contribution is -2.33. The van der Waals surface area contributed by atoms with E-state index >= 15 is 0 Å². The van der Waals surface area contributed by atoms with E-state index < -0.39 is 0 Å². The number of rotatable bonds is 5. The third kappa shape index (κ3) is 4.22. The molecule has 5 nitrogen and oxygen atoms in total. The summed E-state index contributed by atoms with van der Waals surface area (Å²) in [4.78, 5) is 15.8. The zero-order chi connectivity index (χ0) is 12.1. The van der Waals surface area contributed by atoms with Crippen molar-refractivity contribution in [2.24, 2.45) is 5.92 Å². The number of hydrogen-bond acceptors (Lipinski definition) is 4. The van der Waals surface area contributed by atoms with E-state index in [0.717, 1.165) is 5.82 Å². The van der Waals surface area contributed by atoms with Gasteiger partial charge in [0, 0.05) is 6.54 Å². The highest BCUT2D eigenvalue weighted by molar-refractivity contribution is 8.00. The molecule has 0 aliphatic rings. The number of aromatic amines is 1. The van der Waals surface area contributed by atoms with Crippen molar-refractivity contribution in [2.75, 3.05) is 6.54 Å². The molecule has 2 N–H and O–H groups in total. The van der Waals surface area contributed by atoms with Crippen LogP contribution in [0.25, 0.3) is 0 Å². The molecule has 0 aliphatic carbocycles. The van der Waals surface area contributed by atoms with Crippen molar-refractivity contribution in [3.05, 3.63) is 5.82 Å². The molecule has 1 aromatic rings. The Bertz CT molecular complexity index is 350. The minimum absolute atomic E-state index is 0.0288. The van der Waals surface area contributed by atoms with Gasteiger partial charge in [0.25, 0.3) is 0 Å². The second kappa shape index (κ2) is 5.89. The van der Waals surface area contributed by atoms with Crippen LogP contribution < -0.4 is 5.32 Å². The Hall–Kier alpha value is -1.04. The van der Waals surface area contributed by atoms with Gasteiger partial charge in [-0.1, -0.05) is 25.6 Å². The SMILES string of the molecule is Cc1nc(SC(C)C(=O)NCC(C)C)n[nH]1. The highest BCUT2D eigenvalue weighted by atomic mass is 32.2. The van der Waals surface area contributed by atoms with Crippen molar-refractivity contribution >= 4 is 17.7 Å². The second-order valence-corrected chi connectivity index (χ2v) is 5.41. The number of nitrogens with zero attached hydrogens (tertiary/aromatic N) is 2. The van der Waals surface area contributed by atoms with Crippen LogP contribution in [0.5, 0.6) is 0 Å². The predicted molar refractivity (Wildman–Crippen MR) is 64.3 cm³/mol. The van der Waals surface area contributed by atoms with E-state index in [0.29, 0.717) is 17.6 Å². The molecule has 1 heterocycles. The number of H-pyrrole nitrogens is 1. The fourth-order valence-corrected chi connectivity index (χ4v) is 1.83. The molecule has 6 heteroatoms. The third-order valence-electron chi connectivity index (χ3n) is 1.91. The van der Waals surface area contributed by atoms with Crippen LogP contribution in [0.2, 0.25) is 0 Å². The van der Waals surface area contributed by atoms with E-state index in [2.05, 4.69) is 34.3 Å². The first-order valence-corrected chi connectivity index (χ1v) is 6.20. The average Bonchev–Trinajstić information content (AvgIpc) is 2.60. The quantitative estimate of drug-likeness (QED) is 0.765. The molecular weight excluding hydrogens is 224 g/mol. The van der Waals surface area contributed by atoms with Crippen molar-refractivity contribution in [3.63, 3.8) is 0 Å². The monoisotopic (exact) mass is 242 g/mol. The Morgan fingerprint density at radius 1 is 1.50 bits per heavy atom. The summed E-state index contributed by atoms with van der Waals surface area (Å²) < 4.78 is 0. The van der Waals surface area contributed by atoms with Gasteiger partial charge < -0.3 is 5.32 Å². The van der Waals surface area contributed by atoms with E-state index in [-0.39, 0.29) is 11.2 Å². The van der Waals surface area contributed by atoms with Gasteiger partial charge in [0.1, 0.15) is 5.82 Å². The summed E-state index contributed by atoms with van der Waals surface area (Å²) in [6, 6.07) is 0. The smallest absolute Gasteiger partial charge is 0.233 e. The van der Waals surface area contributed by atoms with E-state index in [1.54, 1.807) is 0 Å². The molecule has 16 heavy (non-hydrogen) atoms. The predicted octanol–water partition coefficient (Wildman–Crippen LogP) is 1.37. The van der Waals surface area contributed by atoms with Crippen LogP contribution in [0.15, 0.2) is 5.16 Å². The molecule has 90 valence electrons. The van der Waals surface area contributed by atoms with Gasteiger partial charge in [0.15, 0.2) is 0 Å². The Morgan fingerprint density at radius 3 is 2.69 bits per heavy atom. The molecule has 0 saturated carbocycles. The fraction of sp³-hybridized carbons (Fsp3) is 0.700. The average molecular weight is 242 g/mol. The Kier molecular flexibility index (Phi) is 4.79. The third-order valence-corrected chi connectivity index (χ3v) is 2.87. The first-order chi connectivity index (χ1) is 7.49. The Balaban J connectivity index is 2.39. The van der Waals surface area contributed by atoms with Crippen LogP contribution in [0.3, 0.4) is 0 Å². The number of amides is 1. The van der Waals surface area contributed by atoms with Crippen LogP contribution in [-0.4, -0.2) is 32.9 Å². The lowest BCUT2D eigenvalue weighted by Gasteiger charge is -2.11. The topological polar surface area (TPSA) is 70.7 Å². The molecule has 0 spiro atoms. The lowest BCUT2D eigenvalue weighted by atomic mass is 10.2. The van der Waals surface area contributed by atoms with Gasteiger partial charge in [-0.15, -0.1) is 5.10 Å². The number of aryl methyl sites for hydroxylation is 1. The number of nitrogens with one attached hydrogen (secondary N) is 2. The molecule has 0 radical (unpaired) electrons. The summed E-state index contributed by atoms with van der Waals surface area (Å²) >= 11 is 1.36. The van der Waals surface area contributed by atoms with E-state index in [1.807, 2.05) is 13.8 Å². The van der Waals surface area contributed by atoms with Crippen LogP contribution in [0.1, 0.15) is 26.6 Å². The zero-order valence-electron chi connectivity index (χ0n) is 10.1. The lowest BCUT2D eigenvalue weighted by molar-refractivity contribution is -0.120. The Morgan fingerprint density at radius 2 is 2.19 bits per heavy atom. The van der Waals surface area contributed by atoms with Crippen molar-refractivity contribution in [2.45, 2.75) is 38.1 Å². The molecule has 1 rings (SSSR count). The molecule has 0 aromatic carbocycles. The number of hydrogen-bond donors (Lipinski definition) is 2. The summed E-state index contributed by atoms with van der Waals surface area (Å²) in [5.74, 6) is 1.25. The number of carbonyl (C=O) groups excluding carboxylic acids is 1. The van der Waals surface area contributed by atoms with Crippen molar-refractivity contribution in [3.8, 4) is 0 Å². The molecule has 0 aliphatic heterocycles. The van der Waals surface area contributed by atoms with Crippen LogP contribution in [0, 0.1) is 12.8 Å². The highest BCUT2D eigenvalue weighted by Gasteiger charge is 2.16. The summed E-state index contributed by atoms with van der Waals surface area (Å²) in [7, 11) is 0.